The molecule has 0 spiro atoms. The van der Waals surface area contributed by atoms with Crippen molar-refractivity contribution in [3.8, 4) is 5.95 Å². The van der Waals surface area contributed by atoms with E-state index in [1.807, 2.05) is 0 Å². The molecule has 2 aromatic rings. The lowest BCUT2D eigenvalue weighted by atomic mass is 9.89. The van der Waals surface area contributed by atoms with Crippen LogP contribution in [0.25, 0.3) is 5.95 Å². The van der Waals surface area contributed by atoms with Gasteiger partial charge in [0.25, 0.3) is 0 Å². The maximum atomic E-state index is 5.75. The fourth-order valence-electron chi connectivity index (χ4n) is 2.65. The molecule has 1 fully saturated rings. The Hall–Kier alpha value is -2.18. The molecule has 0 amide bonds. The van der Waals surface area contributed by atoms with Gasteiger partial charge in [0.15, 0.2) is 0 Å². The van der Waals surface area contributed by atoms with Crippen molar-refractivity contribution in [2.24, 2.45) is 5.41 Å². The Morgan fingerprint density at radius 2 is 2.10 bits per heavy atom. The van der Waals surface area contributed by atoms with Crippen LogP contribution in [0.5, 0.6) is 0 Å². The summed E-state index contributed by atoms with van der Waals surface area (Å²) in [6.45, 7) is 3.16. The third kappa shape index (κ3) is 2.71. The van der Waals surface area contributed by atoms with Gasteiger partial charge in [-0.2, -0.15) is 15.0 Å². The summed E-state index contributed by atoms with van der Waals surface area (Å²) < 4.78 is 1.71. The summed E-state index contributed by atoms with van der Waals surface area (Å²) >= 11 is 0. The molecule has 0 atom stereocenters. The number of hydrogen-bond donors (Lipinski definition) is 2. The van der Waals surface area contributed by atoms with Gasteiger partial charge in [-0.3, -0.25) is 4.57 Å². The first kappa shape index (κ1) is 12.8. The van der Waals surface area contributed by atoms with Gasteiger partial charge in [0, 0.05) is 18.9 Å². The summed E-state index contributed by atoms with van der Waals surface area (Å²) in [6.07, 6.45) is 10.2. The van der Waals surface area contributed by atoms with Crippen LogP contribution >= 0.6 is 0 Å². The van der Waals surface area contributed by atoms with Crippen molar-refractivity contribution in [3.63, 3.8) is 0 Å². The minimum absolute atomic E-state index is 0.211. The van der Waals surface area contributed by atoms with Gasteiger partial charge in [-0.25, -0.2) is 4.98 Å². The van der Waals surface area contributed by atoms with E-state index in [0.29, 0.717) is 17.3 Å². The number of aromatic nitrogens is 5. The quantitative estimate of drug-likeness (QED) is 0.879. The largest absolute Gasteiger partial charge is 0.368 e. The number of nitrogens with zero attached hydrogens (tertiary/aromatic N) is 5. The van der Waals surface area contributed by atoms with Gasteiger partial charge >= 0.3 is 0 Å². The number of nitrogens with two attached hydrogens (primary N) is 1. The third-order valence-electron chi connectivity index (χ3n) is 3.86. The van der Waals surface area contributed by atoms with Crippen LogP contribution in [0.3, 0.4) is 0 Å². The third-order valence-corrected chi connectivity index (χ3v) is 3.86. The Labute approximate surface area is 117 Å². The predicted octanol–water partition coefficient (Wildman–Crippen LogP) is 1.63. The molecule has 7 nitrogen and oxygen atoms in total. The fourth-order valence-corrected chi connectivity index (χ4v) is 2.65. The van der Waals surface area contributed by atoms with E-state index in [1.165, 1.54) is 25.7 Å². The average Bonchev–Trinajstić information content (AvgIpc) is 3.08. The van der Waals surface area contributed by atoms with E-state index in [2.05, 4.69) is 32.2 Å². The van der Waals surface area contributed by atoms with Crippen LogP contribution in [0.2, 0.25) is 0 Å². The normalized spacial score (nSPS) is 17.2. The van der Waals surface area contributed by atoms with Gasteiger partial charge in [-0.1, -0.05) is 19.8 Å². The van der Waals surface area contributed by atoms with Crippen LogP contribution in [-0.4, -0.2) is 31.0 Å². The number of rotatable bonds is 4. The molecule has 3 rings (SSSR count). The Kier molecular flexibility index (Phi) is 3.25. The summed E-state index contributed by atoms with van der Waals surface area (Å²) in [6, 6.07) is 0. The Bertz CT molecular complexity index is 572. The molecule has 20 heavy (non-hydrogen) atoms. The van der Waals surface area contributed by atoms with Gasteiger partial charge in [0.05, 0.1) is 0 Å². The second kappa shape index (κ2) is 5.07. The topological polar surface area (TPSA) is 94.5 Å². The standard InChI is InChI=1S/C13H19N7/c1-13(4-2-3-5-13)8-16-11-17-10(14)18-12(19-11)20-7-6-15-9-20/h6-7,9H,2-5,8H2,1H3,(H3,14,16,17,18,19). The molecule has 1 saturated carbocycles. The molecule has 1 aliphatic rings. The van der Waals surface area contributed by atoms with Crippen molar-refractivity contribution in [2.45, 2.75) is 32.6 Å². The van der Waals surface area contributed by atoms with Crippen molar-refractivity contribution >= 4 is 11.9 Å². The van der Waals surface area contributed by atoms with Crippen molar-refractivity contribution in [1.82, 2.24) is 24.5 Å². The summed E-state index contributed by atoms with van der Waals surface area (Å²) in [5.74, 6) is 1.21. The summed E-state index contributed by atoms with van der Waals surface area (Å²) in [5.41, 5.74) is 6.08. The molecule has 1 aliphatic carbocycles. The first-order chi connectivity index (χ1) is 9.65. The maximum Gasteiger partial charge on any atom is 0.241 e. The van der Waals surface area contributed by atoms with E-state index < -0.39 is 0 Å². The van der Waals surface area contributed by atoms with Crippen LogP contribution in [0.4, 0.5) is 11.9 Å². The molecular formula is C13H19N7. The van der Waals surface area contributed by atoms with Crippen LogP contribution in [0.15, 0.2) is 18.7 Å². The highest BCUT2D eigenvalue weighted by Gasteiger charge is 2.28. The van der Waals surface area contributed by atoms with Crippen LogP contribution in [0.1, 0.15) is 32.6 Å². The summed E-state index contributed by atoms with van der Waals surface area (Å²) in [4.78, 5) is 16.6. The van der Waals surface area contributed by atoms with Crippen LogP contribution in [0, 0.1) is 5.41 Å². The van der Waals surface area contributed by atoms with E-state index >= 15 is 0 Å². The second-order valence-corrected chi connectivity index (χ2v) is 5.66. The highest BCUT2D eigenvalue weighted by molar-refractivity contribution is 5.35. The first-order valence-corrected chi connectivity index (χ1v) is 6.88. The molecule has 0 unspecified atom stereocenters. The lowest BCUT2D eigenvalue weighted by Gasteiger charge is -2.23. The molecule has 0 aromatic carbocycles. The maximum absolute atomic E-state index is 5.75. The molecule has 106 valence electrons. The van der Waals surface area contributed by atoms with E-state index in [0.717, 1.165) is 6.54 Å². The number of hydrogen-bond acceptors (Lipinski definition) is 6. The molecule has 7 heteroatoms. The van der Waals surface area contributed by atoms with E-state index in [-0.39, 0.29) is 5.95 Å². The molecule has 2 aromatic heterocycles. The summed E-state index contributed by atoms with van der Waals surface area (Å²) in [5, 5.41) is 3.29. The number of nitrogen functional groups attached to an aromatic ring is 1. The minimum Gasteiger partial charge on any atom is -0.368 e. The second-order valence-electron chi connectivity index (χ2n) is 5.66. The molecular weight excluding hydrogens is 254 g/mol. The molecule has 0 radical (unpaired) electrons. The lowest BCUT2D eigenvalue weighted by molar-refractivity contribution is 0.361. The van der Waals surface area contributed by atoms with Gasteiger partial charge in [0.2, 0.25) is 17.8 Å². The molecule has 0 aliphatic heterocycles. The smallest absolute Gasteiger partial charge is 0.241 e. The zero-order chi connectivity index (χ0) is 14.0. The Morgan fingerprint density at radius 3 is 2.80 bits per heavy atom. The number of nitrogens with one attached hydrogen (secondary N) is 1. The zero-order valence-corrected chi connectivity index (χ0v) is 11.6. The van der Waals surface area contributed by atoms with Crippen molar-refractivity contribution in [2.75, 3.05) is 17.6 Å². The number of imidazole rings is 1. The van der Waals surface area contributed by atoms with Crippen LogP contribution in [-0.2, 0) is 0 Å². The highest BCUT2D eigenvalue weighted by atomic mass is 15.3. The van der Waals surface area contributed by atoms with Gasteiger partial charge < -0.3 is 11.1 Å². The Balaban J connectivity index is 1.76. The predicted molar refractivity (Wildman–Crippen MR) is 76.4 cm³/mol. The highest BCUT2D eigenvalue weighted by Crippen LogP contribution is 2.37. The number of anilines is 2. The average molecular weight is 273 g/mol. The van der Waals surface area contributed by atoms with E-state index in [1.54, 1.807) is 23.3 Å². The summed E-state index contributed by atoms with van der Waals surface area (Å²) in [7, 11) is 0. The SMILES string of the molecule is CC1(CNc2nc(N)nc(-n3ccnc3)n2)CCCC1. The van der Waals surface area contributed by atoms with Crippen molar-refractivity contribution in [1.29, 1.82) is 0 Å². The fraction of sp³-hybridized carbons (Fsp3) is 0.538. The van der Waals surface area contributed by atoms with Crippen molar-refractivity contribution in [3.05, 3.63) is 18.7 Å². The molecule has 2 heterocycles. The molecule has 0 bridgehead atoms. The van der Waals surface area contributed by atoms with Gasteiger partial charge in [-0.05, 0) is 18.3 Å². The monoisotopic (exact) mass is 273 g/mol. The molecule has 0 saturated heterocycles. The van der Waals surface area contributed by atoms with Gasteiger partial charge in [0.1, 0.15) is 6.33 Å². The zero-order valence-electron chi connectivity index (χ0n) is 11.6. The van der Waals surface area contributed by atoms with Gasteiger partial charge in [-0.15, -0.1) is 0 Å². The van der Waals surface area contributed by atoms with Crippen LogP contribution < -0.4 is 11.1 Å². The first-order valence-electron chi connectivity index (χ1n) is 6.88. The lowest BCUT2D eigenvalue weighted by Crippen LogP contribution is -2.24. The minimum atomic E-state index is 0.211. The van der Waals surface area contributed by atoms with Crippen molar-refractivity contribution < 1.29 is 0 Å². The Morgan fingerprint density at radius 1 is 1.30 bits per heavy atom. The van der Waals surface area contributed by atoms with E-state index in [9.17, 15) is 0 Å². The van der Waals surface area contributed by atoms with E-state index in [4.69, 9.17) is 5.73 Å². The molecule has 3 N–H and O–H groups in total.